The van der Waals surface area contributed by atoms with Gasteiger partial charge in [0.05, 0.1) is 5.56 Å². The summed E-state index contributed by atoms with van der Waals surface area (Å²) >= 11 is 0. The minimum atomic E-state index is -0.134. The zero-order valence-electron chi connectivity index (χ0n) is 15.6. The van der Waals surface area contributed by atoms with Gasteiger partial charge in [0.2, 0.25) is 0 Å². The van der Waals surface area contributed by atoms with Crippen LogP contribution < -0.4 is 15.5 Å². The van der Waals surface area contributed by atoms with E-state index in [-0.39, 0.29) is 11.9 Å². The lowest BCUT2D eigenvalue weighted by Gasteiger charge is -2.34. The van der Waals surface area contributed by atoms with Crippen LogP contribution in [0.3, 0.4) is 0 Å². The van der Waals surface area contributed by atoms with Crippen molar-refractivity contribution in [3.05, 3.63) is 89.9 Å². The van der Waals surface area contributed by atoms with E-state index < -0.39 is 0 Å². The molecule has 0 bridgehead atoms. The molecule has 28 heavy (non-hydrogen) atoms. The lowest BCUT2D eigenvalue weighted by Crippen LogP contribution is -2.46. The van der Waals surface area contributed by atoms with Crippen molar-refractivity contribution in [1.82, 2.24) is 20.6 Å². The molecule has 1 aliphatic heterocycles. The highest BCUT2D eigenvalue weighted by Gasteiger charge is 2.21. The molecule has 0 saturated carbocycles. The van der Waals surface area contributed by atoms with Gasteiger partial charge in [0.15, 0.2) is 0 Å². The minimum absolute atomic E-state index is 0.134. The van der Waals surface area contributed by atoms with Crippen molar-refractivity contribution in [1.29, 1.82) is 0 Å². The Bertz CT molecular complexity index is 899. The third kappa shape index (κ3) is 4.35. The summed E-state index contributed by atoms with van der Waals surface area (Å²) in [6.45, 7) is 3.09. The van der Waals surface area contributed by atoms with Gasteiger partial charge in [-0.15, -0.1) is 0 Å². The maximum atomic E-state index is 12.3. The summed E-state index contributed by atoms with van der Waals surface area (Å²) in [5.74, 6) is 0.761. The summed E-state index contributed by atoms with van der Waals surface area (Å²) in [7, 11) is 0. The molecule has 1 amide bonds. The van der Waals surface area contributed by atoms with Crippen molar-refractivity contribution in [2.45, 2.75) is 12.6 Å². The van der Waals surface area contributed by atoms with E-state index in [2.05, 4.69) is 49.8 Å². The lowest BCUT2D eigenvalue weighted by atomic mass is 10.0. The van der Waals surface area contributed by atoms with Crippen molar-refractivity contribution in [3.63, 3.8) is 0 Å². The molecule has 6 heteroatoms. The summed E-state index contributed by atoms with van der Waals surface area (Å²) in [4.78, 5) is 23.2. The number of benzene rings is 1. The summed E-state index contributed by atoms with van der Waals surface area (Å²) in [6, 6.07) is 18.3. The van der Waals surface area contributed by atoms with Gasteiger partial charge in [-0.1, -0.05) is 36.4 Å². The van der Waals surface area contributed by atoms with Crippen LogP contribution in [-0.4, -0.2) is 35.5 Å². The molecule has 4 rings (SSSR count). The van der Waals surface area contributed by atoms with Crippen molar-refractivity contribution < 1.29 is 4.79 Å². The van der Waals surface area contributed by atoms with Gasteiger partial charge in [0, 0.05) is 50.8 Å². The second-order valence-corrected chi connectivity index (χ2v) is 6.81. The third-order valence-electron chi connectivity index (χ3n) is 4.89. The predicted octanol–water partition coefficient (Wildman–Crippen LogP) is 2.56. The van der Waals surface area contributed by atoms with E-state index in [4.69, 9.17) is 0 Å². The molecule has 3 heterocycles. The molecule has 0 unspecified atom stereocenters. The average Bonchev–Trinajstić information content (AvgIpc) is 2.79. The van der Waals surface area contributed by atoms with Gasteiger partial charge in [0.1, 0.15) is 5.82 Å². The SMILES string of the molecule is O=C(NCc1cccnc1)c1ccc(N2CCN[C@@H](c3ccccc3)C2)nc1. The van der Waals surface area contributed by atoms with Crippen LogP contribution in [0.4, 0.5) is 5.82 Å². The number of aromatic nitrogens is 2. The molecule has 2 aromatic heterocycles. The Morgan fingerprint density at radius 1 is 1.11 bits per heavy atom. The fourth-order valence-electron chi connectivity index (χ4n) is 3.36. The van der Waals surface area contributed by atoms with E-state index in [0.717, 1.165) is 31.0 Å². The molecule has 0 spiro atoms. The van der Waals surface area contributed by atoms with E-state index in [0.29, 0.717) is 12.1 Å². The molecule has 2 N–H and O–H groups in total. The van der Waals surface area contributed by atoms with Crippen molar-refractivity contribution in [3.8, 4) is 0 Å². The number of nitrogens with one attached hydrogen (secondary N) is 2. The molecule has 1 atom stereocenters. The average molecular weight is 373 g/mol. The number of anilines is 1. The summed E-state index contributed by atoms with van der Waals surface area (Å²) < 4.78 is 0. The molecule has 1 aromatic carbocycles. The molecule has 6 nitrogen and oxygen atoms in total. The molecular formula is C22H23N5O. The molecule has 3 aromatic rings. The van der Waals surface area contributed by atoms with E-state index in [9.17, 15) is 4.79 Å². The molecule has 0 aliphatic carbocycles. The van der Waals surface area contributed by atoms with Crippen LogP contribution in [0.25, 0.3) is 0 Å². The Morgan fingerprint density at radius 2 is 2.00 bits per heavy atom. The monoisotopic (exact) mass is 373 g/mol. The Kier molecular flexibility index (Phi) is 5.58. The van der Waals surface area contributed by atoms with Crippen molar-refractivity contribution in [2.75, 3.05) is 24.5 Å². The lowest BCUT2D eigenvalue weighted by molar-refractivity contribution is 0.0950. The van der Waals surface area contributed by atoms with Gasteiger partial charge in [-0.3, -0.25) is 9.78 Å². The first-order valence-electron chi connectivity index (χ1n) is 9.46. The Hall–Kier alpha value is -3.25. The van der Waals surface area contributed by atoms with Gasteiger partial charge in [-0.05, 0) is 29.3 Å². The van der Waals surface area contributed by atoms with Crippen molar-refractivity contribution >= 4 is 11.7 Å². The zero-order chi connectivity index (χ0) is 19.2. The first-order valence-corrected chi connectivity index (χ1v) is 9.46. The first-order chi connectivity index (χ1) is 13.8. The van der Waals surface area contributed by atoms with Crippen LogP contribution in [0.2, 0.25) is 0 Å². The highest BCUT2D eigenvalue weighted by molar-refractivity contribution is 5.94. The van der Waals surface area contributed by atoms with E-state index in [1.807, 2.05) is 30.3 Å². The number of hydrogen-bond donors (Lipinski definition) is 2. The van der Waals surface area contributed by atoms with E-state index in [1.54, 1.807) is 18.6 Å². The first kappa shape index (κ1) is 18.1. The molecule has 142 valence electrons. The number of rotatable bonds is 5. The second kappa shape index (κ2) is 8.63. The Morgan fingerprint density at radius 3 is 2.75 bits per heavy atom. The van der Waals surface area contributed by atoms with Gasteiger partial charge in [0.25, 0.3) is 5.91 Å². The summed E-state index contributed by atoms with van der Waals surface area (Å²) in [5, 5.41) is 6.46. The number of carbonyl (C=O) groups excluding carboxylic acids is 1. The molecular weight excluding hydrogens is 350 g/mol. The van der Waals surface area contributed by atoms with Crippen LogP contribution in [0, 0.1) is 0 Å². The van der Waals surface area contributed by atoms with E-state index in [1.165, 1.54) is 5.56 Å². The number of pyridine rings is 2. The fraction of sp³-hybridized carbons (Fsp3) is 0.227. The Balaban J connectivity index is 1.38. The van der Waals surface area contributed by atoms with Crippen LogP contribution in [0.15, 0.2) is 73.2 Å². The number of hydrogen-bond acceptors (Lipinski definition) is 5. The highest BCUT2D eigenvalue weighted by atomic mass is 16.1. The normalized spacial score (nSPS) is 16.6. The summed E-state index contributed by atoms with van der Waals surface area (Å²) in [6.07, 6.45) is 5.11. The number of piperazine rings is 1. The second-order valence-electron chi connectivity index (χ2n) is 6.81. The standard InChI is InChI=1S/C22H23N5O/c28-22(26-14-17-5-4-10-23-13-17)19-8-9-21(25-15-19)27-12-11-24-20(16-27)18-6-2-1-3-7-18/h1-10,13,15,20,24H,11-12,14,16H2,(H,26,28)/t20-/m1/s1. The van der Waals surface area contributed by atoms with Crippen LogP contribution in [-0.2, 0) is 6.54 Å². The van der Waals surface area contributed by atoms with Crippen molar-refractivity contribution in [2.24, 2.45) is 0 Å². The smallest absolute Gasteiger partial charge is 0.253 e. The number of amides is 1. The van der Waals surface area contributed by atoms with Crippen LogP contribution >= 0.6 is 0 Å². The van der Waals surface area contributed by atoms with Gasteiger partial charge < -0.3 is 15.5 Å². The number of nitrogens with zero attached hydrogens (tertiary/aromatic N) is 3. The van der Waals surface area contributed by atoms with Crippen LogP contribution in [0.1, 0.15) is 27.5 Å². The number of carbonyl (C=O) groups is 1. The van der Waals surface area contributed by atoms with Crippen LogP contribution in [0.5, 0.6) is 0 Å². The van der Waals surface area contributed by atoms with Gasteiger partial charge in [-0.2, -0.15) is 0 Å². The molecule has 1 fully saturated rings. The quantitative estimate of drug-likeness (QED) is 0.719. The maximum Gasteiger partial charge on any atom is 0.253 e. The minimum Gasteiger partial charge on any atom is -0.353 e. The molecule has 1 saturated heterocycles. The summed E-state index contributed by atoms with van der Waals surface area (Å²) in [5.41, 5.74) is 2.80. The Labute approximate surface area is 164 Å². The highest BCUT2D eigenvalue weighted by Crippen LogP contribution is 2.21. The largest absolute Gasteiger partial charge is 0.353 e. The van der Waals surface area contributed by atoms with Gasteiger partial charge >= 0.3 is 0 Å². The fourth-order valence-corrected chi connectivity index (χ4v) is 3.36. The zero-order valence-corrected chi connectivity index (χ0v) is 15.6. The van der Waals surface area contributed by atoms with E-state index >= 15 is 0 Å². The predicted molar refractivity (Wildman–Crippen MR) is 109 cm³/mol. The molecule has 1 aliphatic rings. The molecule has 0 radical (unpaired) electrons. The third-order valence-corrected chi connectivity index (χ3v) is 4.89. The topological polar surface area (TPSA) is 70.2 Å². The maximum absolute atomic E-state index is 12.3. The van der Waals surface area contributed by atoms with Gasteiger partial charge in [-0.25, -0.2) is 4.98 Å².